The van der Waals surface area contributed by atoms with Gasteiger partial charge in [-0.3, -0.25) is 4.98 Å². The quantitative estimate of drug-likeness (QED) is 0.869. The summed E-state index contributed by atoms with van der Waals surface area (Å²) < 4.78 is 0. The van der Waals surface area contributed by atoms with Gasteiger partial charge in [-0.25, -0.2) is 4.79 Å². The first-order valence-corrected chi connectivity index (χ1v) is 5.20. The molecule has 0 amide bonds. The minimum Gasteiger partial charge on any atom is -0.476 e. The zero-order chi connectivity index (χ0) is 12.4. The van der Waals surface area contributed by atoms with Crippen molar-refractivity contribution < 1.29 is 9.90 Å². The van der Waals surface area contributed by atoms with Crippen LogP contribution in [0.25, 0.3) is 11.3 Å². The topological polar surface area (TPSA) is 80.9 Å². The van der Waals surface area contributed by atoms with Gasteiger partial charge in [-0.05, 0) is 26.0 Å². The van der Waals surface area contributed by atoms with Gasteiger partial charge in [0.15, 0.2) is 5.69 Å². The van der Waals surface area contributed by atoms with Gasteiger partial charge < -0.3 is 5.11 Å². The molecule has 6 nitrogen and oxygen atoms in total. The van der Waals surface area contributed by atoms with Crippen LogP contribution in [0.5, 0.6) is 0 Å². The first-order chi connectivity index (χ1) is 8.09. The van der Waals surface area contributed by atoms with Crippen molar-refractivity contribution in [1.82, 2.24) is 20.0 Å². The Morgan fingerprint density at radius 1 is 1.29 bits per heavy atom. The van der Waals surface area contributed by atoms with Crippen LogP contribution in [0, 0.1) is 0 Å². The van der Waals surface area contributed by atoms with E-state index in [9.17, 15) is 4.79 Å². The summed E-state index contributed by atoms with van der Waals surface area (Å²) in [4.78, 5) is 16.4. The Morgan fingerprint density at radius 3 is 2.47 bits per heavy atom. The number of carboxylic acids is 1. The number of pyridine rings is 1. The summed E-state index contributed by atoms with van der Waals surface area (Å²) in [5.74, 6) is -1.08. The number of hydrogen-bond acceptors (Lipinski definition) is 4. The summed E-state index contributed by atoms with van der Waals surface area (Å²) in [6.45, 7) is 3.78. The maximum absolute atomic E-state index is 11.1. The maximum Gasteiger partial charge on any atom is 0.358 e. The van der Waals surface area contributed by atoms with Gasteiger partial charge in [0.1, 0.15) is 5.69 Å². The summed E-state index contributed by atoms with van der Waals surface area (Å²) in [5.41, 5.74) is 1.03. The lowest BCUT2D eigenvalue weighted by Crippen LogP contribution is -2.06. The lowest BCUT2D eigenvalue weighted by Gasteiger charge is -2.00. The minimum atomic E-state index is -1.08. The molecule has 1 N–H and O–H groups in total. The van der Waals surface area contributed by atoms with Gasteiger partial charge in [0, 0.05) is 18.0 Å². The predicted molar refractivity (Wildman–Crippen MR) is 60.6 cm³/mol. The van der Waals surface area contributed by atoms with E-state index in [1.54, 1.807) is 24.5 Å². The molecule has 0 bridgehead atoms. The van der Waals surface area contributed by atoms with E-state index in [1.807, 2.05) is 13.8 Å². The second kappa shape index (κ2) is 4.32. The monoisotopic (exact) mass is 232 g/mol. The predicted octanol–water partition coefficient (Wildman–Crippen LogP) is 1.62. The van der Waals surface area contributed by atoms with E-state index in [-0.39, 0.29) is 11.7 Å². The molecule has 0 saturated carbocycles. The molecule has 0 unspecified atom stereocenters. The van der Waals surface area contributed by atoms with Gasteiger partial charge in [0.25, 0.3) is 0 Å². The molecular formula is C11H12N4O2. The fraction of sp³-hybridized carbons (Fsp3) is 0.273. The average Bonchev–Trinajstić information content (AvgIpc) is 2.75. The third kappa shape index (κ3) is 2.15. The van der Waals surface area contributed by atoms with Crippen molar-refractivity contribution in [2.24, 2.45) is 0 Å². The minimum absolute atomic E-state index is 0.0173. The second-order valence-corrected chi connectivity index (χ2v) is 3.85. The van der Waals surface area contributed by atoms with Gasteiger partial charge >= 0.3 is 5.97 Å². The molecule has 0 aromatic carbocycles. The molecule has 2 rings (SSSR count). The number of carbonyl (C=O) groups is 1. The fourth-order valence-corrected chi connectivity index (χ4v) is 1.40. The molecule has 6 heteroatoms. The van der Waals surface area contributed by atoms with E-state index < -0.39 is 5.97 Å². The van der Waals surface area contributed by atoms with Gasteiger partial charge in [-0.1, -0.05) is 0 Å². The molecule has 0 radical (unpaired) electrons. The first-order valence-electron chi connectivity index (χ1n) is 5.20. The Labute approximate surface area is 97.9 Å². The Kier molecular flexibility index (Phi) is 2.86. The van der Waals surface area contributed by atoms with Crippen LogP contribution in [-0.4, -0.2) is 31.1 Å². The van der Waals surface area contributed by atoms with Gasteiger partial charge in [-0.2, -0.15) is 9.90 Å². The van der Waals surface area contributed by atoms with Crippen LogP contribution in [0.15, 0.2) is 24.5 Å². The van der Waals surface area contributed by atoms with Gasteiger partial charge in [0.05, 0.1) is 6.04 Å². The first kappa shape index (κ1) is 11.3. The largest absolute Gasteiger partial charge is 0.476 e. The molecule has 0 aliphatic carbocycles. The highest BCUT2D eigenvalue weighted by Gasteiger charge is 2.19. The molecule has 0 aliphatic heterocycles. The van der Waals surface area contributed by atoms with E-state index in [4.69, 9.17) is 5.11 Å². The number of rotatable bonds is 3. The van der Waals surface area contributed by atoms with Crippen LogP contribution in [0.4, 0.5) is 0 Å². The molecule has 2 heterocycles. The molecule has 2 aromatic rings. The standard InChI is InChI=1S/C11H12N4O2/c1-7(2)15-13-9(10(14-15)11(16)17)8-3-5-12-6-4-8/h3-7H,1-2H3,(H,16,17). The Morgan fingerprint density at radius 2 is 1.94 bits per heavy atom. The summed E-state index contributed by atoms with van der Waals surface area (Å²) >= 11 is 0. The van der Waals surface area contributed by atoms with Crippen molar-refractivity contribution in [3.05, 3.63) is 30.2 Å². The number of hydrogen-bond donors (Lipinski definition) is 1. The molecule has 2 aromatic heterocycles. The smallest absolute Gasteiger partial charge is 0.358 e. The molecule has 88 valence electrons. The van der Waals surface area contributed by atoms with Crippen molar-refractivity contribution in [3.63, 3.8) is 0 Å². The van der Waals surface area contributed by atoms with E-state index in [0.717, 1.165) is 0 Å². The summed E-state index contributed by atoms with van der Waals surface area (Å²) in [7, 11) is 0. The lowest BCUT2D eigenvalue weighted by molar-refractivity contribution is 0.0690. The summed E-state index contributed by atoms with van der Waals surface area (Å²) in [6, 6.07) is 3.44. The third-order valence-electron chi connectivity index (χ3n) is 2.25. The molecule has 0 spiro atoms. The van der Waals surface area contributed by atoms with Crippen LogP contribution in [-0.2, 0) is 0 Å². The van der Waals surface area contributed by atoms with Gasteiger partial charge in [0.2, 0.25) is 0 Å². The Bertz CT molecular complexity index is 534. The van der Waals surface area contributed by atoms with Crippen molar-refractivity contribution >= 4 is 5.97 Å². The maximum atomic E-state index is 11.1. The molecule has 0 saturated heterocycles. The zero-order valence-electron chi connectivity index (χ0n) is 9.53. The van der Waals surface area contributed by atoms with E-state index in [1.165, 1.54) is 4.80 Å². The second-order valence-electron chi connectivity index (χ2n) is 3.85. The van der Waals surface area contributed by atoms with E-state index in [0.29, 0.717) is 11.3 Å². The third-order valence-corrected chi connectivity index (χ3v) is 2.25. The van der Waals surface area contributed by atoms with Crippen LogP contribution in [0.2, 0.25) is 0 Å². The van der Waals surface area contributed by atoms with Crippen molar-refractivity contribution in [2.75, 3.05) is 0 Å². The van der Waals surface area contributed by atoms with Crippen molar-refractivity contribution in [1.29, 1.82) is 0 Å². The zero-order valence-corrected chi connectivity index (χ0v) is 9.53. The highest BCUT2D eigenvalue weighted by atomic mass is 16.4. The van der Waals surface area contributed by atoms with Gasteiger partial charge in [-0.15, -0.1) is 5.10 Å². The Balaban J connectivity index is 2.56. The molecule has 17 heavy (non-hydrogen) atoms. The SMILES string of the molecule is CC(C)n1nc(C(=O)O)c(-c2ccncc2)n1. The van der Waals surface area contributed by atoms with Crippen LogP contribution in [0.3, 0.4) is 0 Å². The lowest BCUT2D eigenvalue weighted by atomic mass is 10.1. The molecule has 0 aliphatic rings. The van der Waals surface area contributed by atoms with Crippen LogP contribution in [0.1, 0.15) is 30.4 Å². The number of aromatic nitrogens is 4. The Hall–Kier alpha value is -2.24. The average molecular weight is 232 g/mol. The normalized spacial score (nSPS) is 10.8. The number of aromatic carboxylic acids is 1. The number of carboxylic acid groups (broad SMARTS) is 1. The fourth-order valence-electron chi connectivity index (χ4n) is 1.40. The number of nitrogens with zero attached hydrogens (tertiary/aromatic N) is 4. The van der Waals surface area contributed by atoms with E-state index >= 15 is 0 Å². The van der Waals surface area contributed by atoms with E-state index in [2.05, 4.69) is 15.2 Å². The molecule has 0 atom stereocenters. The molecule has 0 fully saturated rings. The van der Waals surface area contributed by atoms with Crippen molar-refractivity contribution in [2.45, 2.75) is 19.9 Å². The summed E-state index contributed by atoms with van der Waals surface area (Å²) in [6.07, 6.45) is 3.19. The highest BCUT2D eigenvalue weighted by molar-refractivity contribution is 5.92. The van der Waals surface area contributed by atoms with Crippen molar-refractivity contribution in [3.8, 4) is 11.3 Å². The molecular weight excluding hydrogens is 220 g/mol. The summed E-state index contributed by atoms with van der Waals surface area (Å²) in [5, 5.41) is 17.3. The van der Waals surface area contributed by atoms with Crippen LogP contribution < -0.4 is 0 Å². The highest BCUT2D eigenvalue weighted by Crippen LogP contribution is 2.20. The van der Waals surface area contributed by atoms with Crippen LogP contribution >= 0.6 is 0 Å².